The Morgan fingerprint density at radius 2 is 1.70 bits per heavy atom. The average molecular weight is 405 g/mol. The normalized spacial score (nSPS) is 10.4. The first-order valence-corrected chi connectivity index (χ1v) is 8.60. The van der Waals surface area contributed by atoms with Crippen LogP contribution in [0.15, 0.2) is 48.7 Å². The highest BCUT2D eigenvalue weighted by Crippen LogP contribution is 2.20. The van der Waals surface area contributed by atoms with Gasteiger partial charge in [0.15, 0.2) is 0 Å². The zero-order chi connectivity index (χ0) is 19.4. The van der Waals surface area contributed by atoms with E-state index in [0.717, 1.165) is 10.9 Å². The summed E-state index contributed by atoms with van der Waals surface area (Å²) < 4.78 is 0. The fraction of sp³-hybridized carbons (Fsp3) is 0.0556. The highest BCUT2D eigenvalue weighted by atomic mass is 35.5. The molecule has 0 fully saturated rings. The van der Waals surface area contributed by atoms with E-state index in [9.17, 15) is 14.4 Å². The van der Waals surface area contributed by atoms with Gasteiger partial charge < -0.3 is 10.3 Å². The number of halogens is 2. The molecule has 0 bridgehead atoms. The quantitative estimate of drug-likeness (QED) is 0.502. The van der Waals surface area contributed by atoms with Crippen LogP contribution in [0, 0.1) is 0 Å². The Morgan fingerprint density at radius 1 is 0.926 bits per heavy atom. The molecule has 0 aliphatic carbocycles. The third kappa shape index (κ3) is 4.39. The van der Waals surface area contributed by atoms with Crippen LogP contribution in [0.3, 0.4) is 0 Å². The fourth-order valence-electron chi connectivity index (χ4n) is 2.43. The van der Waals surface area contributed by atoms with Gasteiger partial charge in [0.1, 0.15) is 0 Å². The lowest BCUT2D eigenvalue weighted by molar-refractivity contribution is -0.120. The number of amides is 3. The zero-order valence-electron chi connectivity index (χ0n) is 13.8. The highest BCUT2D eigenvalue weighted by Gasteiger charge is 2.14. The summed E-state index contributed by atoms with van der Waals surface area (Å²) in [5.74, 6) is -1.61. The summed E-state index contributed by atoms with van der Waals surface area (Å²) in [6, 6.07) is 11.7. The molecule has 2 aromatic carbocycles. The first-order valence-electron chi connectivity index (χ1n) is 7.84. The van der Waals surface area contributed by atoms with Crippen molar-refractivity contribution < 1.29 is 14.4 Å². The predicted octanol–water partition coefficient (Wildman–Crippen LogP) is 2.67. The number of aromatic nitrogens is 1. The number of benzene rings is 2. The van der Waals surface area contributed by atoms with Gasteiger partial charge in [-0.1, -0.05) is 41.4 Å². The van der Waals surface area contributed by atoms with Crippen LogP contribution in [-0.2, 0) is 4.79 Å². The maximum Gasteiger partial charge on any atom is 0.271 e. The molecule has 0 unspecified atom stereocenters. The summed E-state index contributed by atoms with van der Waals surface area (Å²) in [7, 11) is 0. The van der Waals surface area contributed by atoms with Gasteiger partial charge in [-0.05, 0) is 24.3 Å². The maximum atomic E-state index is 12.2. The van der Waals surface area contributed by atoms with Crippen LogP contribution in [0.2, 0.25) is 10.0 Å². The number of rotatable bonds is 4. The Bertz CT molecular complexity index is 1030. The molecule has 0 atom stereocenters. The van der Waals surface area contributed by atoms with E-state index in [-0.39, 0.29) is 17.1 Å². The van der Waals surface area contributed by atoms with Crippen molar-refractivity contribution in [2.45, 2.75) is 0 Å². The first-order chi connectivity index (χ1) is 13.0. The van der Waals surface area contributed by atoms with E-state index >= 15 is 0 Å². The van der Waals surface area contributed by atoms with Crippen LogP contribution in [0.1, 0.15) is 20.7 Å². The molecule has 138 valence electrons. The molecule has 0 aliphatic rings. The average Bonchev–Trinajstić information content (AvgIpc) is 3.08. The molecule has 1 aromatic heterocycles. The number of carbonyl (C=O) groups excluding carboxylic acids is 3. The largest absolute Gasteiger partial charge is 0.360 e. The molecule has 7 nitrogen and oxygen atoms in total. The third-order valence-corrected chi connectivity index (χ3v) is 4.28. The van der Waals surface area contributed by atoms with Crippen molar-refractivity contribution in [3.63, 3.8) is 0 Å². The molecule has 4 N–H and O–H groups in total. The smallest absolute Gasteiger partial charge is 0.271 e. The van der Waals surface area contributed by atoms with E-state index in [4.69, 9.17) is 23.2 Å². The Kier molecular flexibility index (Phi) is 5.63. The van der Waals surface area contributed by atoms with Crippen LogP contribution in [0.5, 0.6) is 0 Å². The van der Waals surface area contributed by atoms with Crippen molar-refractivity contribution in [2.24, 2.45) is 0 Å². The summed E-state index contributed by atoms with van der Waals surface area (Å²) in [5, 5.41) is 3.71. The van der Waals surface area contributed by atoms with E-state index in [1.807, 2.05) is 18.2 Å². The molecule has 3 aromatic rings. The highest BCUT2D eigenvalue weighted by molar-refractivity contribution is 6.36. The number of fused-ring (bicyclic) bond motifs is 1. The molecule has 1 heterocycles. The minimum atomic E-state index is -0.596. The number of hydrogen-bond donors (Lipinski definition) is 4. The zero-order valence-corrected chi connectivity index (χ0v) is 15.3. The number of nitrogens with one attached hydrogen (secondary N) is 4. The van der Waals surface area contributed by atoms with Gasteiger partial charge in [0, 0.05) is 22.1 Å². The Morgan fingerprint density at radius 3 is 2.48 bits per heavy atom. The molecule has 0 aliphatic heterocycles. The number of aromatic amines is 1. The number of H-pyrrole nitrogens is 1. The summed E-state index contributed by atoms with van der Waals surface area (Å²) in [6.45, 7) is -0.341. The molecule has 0 saturated heterocycles. The lowest BCUT2D eigenvalue weighted by Crippen LogP contribution is -2.46. The second kappa shape index (κ2) is 8.11. The number of carbonyl (C=O) groups is 3. The summed E-state index contributed by atoms with van der Waals surface area (Å²) in [4.78, 5) is 39.1. The fourth-order valence-corrected chi connectivity index (χ4v) is 2.92. The molecule has 3 rings (SSSR count). The van der Waals surface area contributed by atoms with Crippen molar-refractivity contribution in [3.05, 3.63) is 69.8 Å². The summed E-state index contributed by atoms with van der Waals surface area (Å²) in [5.41, 5.74) is 5.94. The van der Waals surface area contributed by atoms with E-state index in [2.05, 4.69) is 21.2 Å². The molecule has 0 spiro atoms. The van der Waals surface area contributed by atoms with Crippen molar-refractivity contribution >= 4 is 51.8 Å². The van der Waals surface area contributed by atoms with Crippen molar-refractivity contribution in [1.29, 1.82) is 0 Å². The molecule has 27 heavy (non-hydrogen) atoms. The first kappa shape index (κ1) is 18.8. The van der Waals surface area contributed by atoms with Gasteiger partial charge in [0.05, 0.1) is 22.7 Å². The number of hydrazine groups is 1. The van der Waals surface area contributed by atoms with E-state index in [1.165, 1.54) is 18.2 Å². The second-order valence-electron chi connectivity index (χ2n) is 5.56. The summed E-state index contributed by atoms with van der Waals surface area (Å²) >= 11 is 11.7. The molecule has 0 radical (unpaired) electrons. The van der Waals surface area contributed by atoms with Gasteiger partial charge >= 0.3 is 0 Å². The standard InChI is InChI=1S/C18H14Cl2N4O3/c19-10-5-6-12(14(20)7-10)17(26)22-9-16(25)23-24-18(27)13-8-21-15-4-2-1-3-11(13)15/h1-8,21H,9H2,(H,22,26)(H,23,25)(H,24,27). The second-order valence-corrected chi connectivity index (χ2v) is 6.40. The van der Waals surface area contributed by atoms with E-state index in [0.29, 0.717) is 10.6 Å². The van der Waals surface area contributed by atoms with Crippen LogP contribution in [0.25, 0.3) is 10.9 Å². The number of hydrogen-bond acceptors (Lipinski definition) is 3. The topological polar surface area (TPSA) is 103 Å². The van der Waals surface area contributed by atoms with Gasteiger partial charge in [-0.3, -0.25) is 25.2 Å². The van der Waals surface area contributed by atoms with Gasteiger partial charge in [0.25, 0.3) is 17.7 Å². The van der Waals surface area contributed by atoms with Crippen molar-refractivity contribution in [1.82, 2.24) is 21.2 Å². The Hall–Kier alpha value is -3.03. The van der Waals surface area contributed by atoms with Gasteiger partial charge in [-0.25, -0.2) is 0 Å². The molecular weight excluding hydrogens is 391 g/mol. The Labute approximate surface area is 164 Å². The number of para-hydroxylation sites is 1. The molecule has 0 saturated carbocycles. The van der Waals surface area contributed by atoms with Gasteiger partial charge in [0.2, 0.25) is 0 Å². The van der Waals surface area contributed by atoms with Gasteiger partial charge in [-0.2, -0.15) is 0 Å². The monoisotopic (exact) mass is 404 g/mol. The molecule has 9 heteroatoms. The third-order valence-electron chi connectivity index (χ3n) is 3.73. The minimum Gasteiger partial charge on any atom is -0.360 e. The van der Waals surface area contributed by atoms with Crippen LogP contribution in [0.4, 0.5) is 0 Å². The predicted molar refractivity (Wildman–Crippen MR) is 103 cm³/mol. The van der Waals surface area contributed by atoms with Crippen molar-refractivity contribution in [2.75, 3.05) is 6.54 Å². The lowest BCUT2D eigenvalue weighted by Gasteiger charge is -2.09. The van der Waals surface area contributed by atoms with Crippen LogP contribution < -0.4 is 16.2 Å². The lowest BCUT2D eigenvalue weighted by atomic mass is 10.2. The minimum absolute atomic E-state index is 0.174. The van der Waals surface area contributed by atoms with Crippen molar-refractivity contribution in [3.8, 4) is 0 Å². The van der Waals surface area contributed by atoms with E-state index in [1.54, 1.807) is 12.3 Å². The maximum absolute atomic E-state index is 12.2. The van der Waals surface area contributed by atoms with Gasteiger partial charge in [-0.15, -0.1) is 0 Å². The molecular formula is C18H14Cl2N4O3. The Balaban J connectivity index is 1.52. The SMILES string of the molecule is O=C(CNC(=O)c1ccc(Cl)cc1Cl)NNC(=O)c1c[nH]c2ccccc12. The van der Waals surface area contributed by atoms with Crippen LogP contribution in [-0.4, -0.2) is 29.3 Å². The molecule has 3 amide bonds. The van der Waals surface area contributed by atoms with Crippen LogP contribution >= 0.6 is 23.2 Å². The van der Waals surface area contributed by atoms with E-state index < -0.39 is 17.7 Å². The summed E-state index contributed by atoms with van der Waals surface area (Å²) in [6.07, 6.45) is 1.55.